The molecule has 0 aromatic heterocycles. The zero-order valence-corrected chi connectivity index (χ0v) is 13.6. The van der Waals surface area contributed by atoms with E-state index in [9.17, 15) is 4.79 Å². The third-order valence-corrected chi connectivity index (χ3v) is 3.90. The number of nitrogens with two attached hydrogens (primary N) is 1. The highest BCUT2D eigenvalue weighted by atomic mass is 79.9. The second kappa shape index (κ2) is 6.04. The molecule has 2 aromatic carbocycles. The van der Waals surface area contributed by atoms with Gasteiger partial charge in [-0.25, -0.2) is 0 Å². The van der Waals surface area contributed by atoms with Gasteiger partial charge in [-0.15, -0.1) is 0 Å². The van der Waals surface area contributed by atoms with Crippen molar-refractivity contribution in [3.63, 3.8) is 0 Å². The quantitative estimate of drug-likeness (QED) is 0.735. The SMILES string of the molecule is Cc1cc(N)c(Cl)cc1NC(=O)c1ccc(Br)cc1Cl. The molecule has 6 heteroatoms. The van der Waals surface area contributed by atoms with Crippen molar-refractivity contribution in [2.45, 2.75) is 6.92 Å². The molecular formula is C14H11BrCl2N2O. The monoisotopic (exact) mass is 372 g/mol. The molecule has 0 fully saturated rings. The maximum atomic E-state index is 12.2. The van der Waals surface area contributed by atoms with Crippen molar-refractivity contribution in [1.82, 2.24) is 0 Å². The summed E-state index contributed by atoms with van der Waals surface area (Å²) in [5.74, 6) is -0.300. The molecule has 0 aliphatic carbocycles. The molecule has 2 aromatic rings. The number of amides is 1. The number of benzene rings is 2. The third-order valence-electron chi connectivity index (χ3n) is 2.77. The van der Waals surface area contributed by atoms with Crippen LogP contribution in [0.4, 0.5) is 11.4 Å². The van der Waals surface area contributed by atoms with Crippen molar-refractivity contribution >= 4 is 56.4 Å². The molecule has 0 saturated heterocycles. The van der Waals surface area contributed by atoms with E-state index in [4.69, 9.17) is 28.9 Å². The van der Waals surface area contributed by atoms with Gasteiger partial charge in [0.05, 0.1) is 21.3 Å². The van der Waals surface area contributed by atoms with Gasteiger partial charge < -0.3 is 11.1 Å². The molecule has 0 radical (unpaired) electrons. The Labute approximate surface area is 135 Å². The summed E-state index contributed by atoms with van der Waals surface area (Å²) in [7, 11) is 0. The Hall–Kier alpha value is -1.23. The van der Waals surface area contributed by atoms with Gasteiger partial charge in [-0.2, -0.15) is 0 Å². The summed E-state index contributed by atoms with van der Waals surface area (Å²) in [6.07, 6.45) is 0. The molecule has 0 saturated carbocycles. The molecule has 0 atom stereocenters. The van der Waals surface area contributed by atoms with Crippen LogP contribution in [0.1, 0.15) is 15.9 Å². The summed E-state index contributed by atoms with van der Waals surface area (Å²) in [6.45, 7) is 1.84. The number of aryl methyl sites for hydroxylation is 1. The van der Waals surface area contributed by atoms with E-state index in [0.717, 1.165) is 10.0 Å². The Morgan fingerprint density at radius 3 is 2.55 bits per heavy atom. The van der Waals surface area contributed by atoms with Gasteiger partial charge in [0.1, 0.15) is 0 Å². The molecule has 0 bridgehead atoms. The van der Waals surface area contributed by atoms with Crippen molar-refractivity contribution in [2.75, 3.05) is 11.1 Å². The van der Waals surface area contributed by atoms with E-state index in [1.54, 1.807) is 30.3 Å². The average Bonchev–Trinajstić information content (AvgIpc) is 2.35. The first-order valence-electron chi connectivity index (χ1n) is 5.70. The van der Waals surface area contributed by atoms with Crippen LogP contribution in [0.15, 0.2) is 34.8 Å². The highest BCUT2D eigenvalue weighted by Crippen LogP contribution is 2.28. The first-order chi connectivity index (χ1) is 9.38. The number of carbonyl (C=O) groups excluding carboxylic acids is 1. The predicted octanol–water partition coefficient (Wildman–Crippen LogP) is 4.90. The standard InChI is InChI=1S/C14H11BrCl2N2O/c1-7-4-12(18)11(17)6-13(7)19-14(20)9-3-2-8(15)5-10(9)16/h2-6H,18H2,1H3,(H,19,20). The van der Waals surface area contributed by atoms with Crippen LogP contribution in [0.25, 0.3) is 0 Å². The number of nitrogen functional groups attached to an aromatic ring is 1. The van der Waals surface area contributed by atoms with Crippen molar-refractivity contribution < 1.29 is 4.79 Å². The van der Waals surface area contributed by atoms with Crippen molar-refractivity contribution in [3.8, 4) is 0 Å². The molecular weight excluding hydrogens is 363 g/mol. The fraction of sp³-hybridized carbons (Fsp3) is 0.0714. The number of halogens is 3. The summed E-state index contributed by atoms with van der Waals surface area (Å²) in [6, 6.07) is 8.40. The van der Waals surface area contributed by atoms with Gasteiger partial charge in [0.15, 0.2) is 0 Å². The Balaban J connectivity index is 2.30. The van der Waals surface area contributed by atoms with Crippen LogP contribution < -0.4 is 11.1 Å². The molecule has 3 N–H and O–H groups in total. The van der Waals surface area contributed by atoms with E-state index < -0.39 is 0 Å². The van der Waals surface area contributed by atoms with Crippen LogP contribution in [0.2, 0.25) is 10.0 Å². The second-order valence-corrected chi connectivity index (χ2v) is 6.00. The number of rotatable bonds is 2. The van der Waals surface area contributed by atoms with Crippen molar-refractivity contribution in [3.05, 3.63) is 56.0 Å². The lowest BCUT2D eigenvalue weighted by Gasteiger charge is -2.11. The first kappa shape index (κ1) is 15.2. The topological polar surface area (TPSA) is 55.1 Å². The highest BCUT2D eigenvalue weighted by molar-refractivity contribution is 9.10. The van der Waals surface area contributed by atoms with Crippen LogP contribution in [0.3, 0.4) is 0 Å². The van der Waals surface area contributed by atoms with Gasteiger partial charge in [-0.3, -0.25) is 4.79 Å². The third kappa shape index (κ3) is 3.26. The molecule has 0 spiro atoms. The average molecular weight is 374 g/mol. The number of carbonyl (C=O) groups is 1. The van der Waals surface area contributed by atoms with E-state index in [-0.39, 0.29) is 5.91 Å². The number of hydrogen-bond donors (Lipinski definition) is 2. The van der Waals surface area contributed by atoms with Gasteiger partial charge in [0, 0.05) is 10.2 Å². The molecule has 0 unspecified atom stereocenters. The maximum absolute atomic E-state index is 12.2. The molecule has 104 valence electrons. The molecule has 1 amide bonds. The normalized spacial score (nSPS) is 10.4. The van der Waals surface area contributed by atoms with Gasteiger partial charge in [-0.05, 0) is 42.8 Å². The Morgan fingerprint density at radius 2 is 1.90 bits per heavy atom. The van der Waals surface area contributed by atoms with Gasteiger partial charge in [0.2, 0.25) is 0 Å². The minimum absolute atomic E-state index is 0.300. The molecule has 2 rings (SSSR count). The molecule has 0 aliphatic rings. The fourth-order valence-electron chi connectivity index (χ4n) is 1.70. The van der Waals surface area contributed by atoms with E-state index in [1.807, 2.05) is 6.92 Å². The fourth-order valence-corrected chi connectivity index (χ4v) is 2.62. The lowest BCUT2D eigenvalue weighted by atomic mass is 10.1. The molecule has 0 heterocycles. The van der Waals surface area contributed by atoms with E-state index >= 15 is 0 Å². The van der Waals surface area contributed by atoms with Crippen LogP contribution in [0, 0.1) is 6.92 Å². The smallest absolute Gasteiger partial charge is 0.257 e. The Bertz CT molecular complexity index is 689. The number of anilines is 2. The van der Waals surface area contributed by atoms with Crippen LogP contribution in [-0.4, -0.2) is 5.91 Å². The van der Waals surface area contributed by atoms with E-state index in [1.165, 1.54) is 0 Å². The van der Waals surface area contributed by atoms with Crippen LogP contribution in [0.5, 0.6) is 0 Å². The summed E-state index contributed by atoms with van der Waals surface area (Å²) < 4.78 is 0.811. The summed E-state index contributed by atoms with van der Waals surface area (Å²) in [5, 5.41) is 3.54. The maximum Gasteiger partial charge on any atom is 0.257 e. The lowest BCUT2D eigenvalue weighted by molar-refractivity contribution is 0.102. The van der Waals surface area contributed by atoms with Crippen molar-refractivity contribution in [1.29, 1.82) is 0 Å². The van der Waals surface area contributed by atoms with Crippen molar-refractivity contribution in [2.24, 2.45) is 0 Å². The highest BCUT2D eigenvalue weighted by Gasteiger charge is 2.13. The minimum Gasteiger partial charge on any atom is -0.398 e. The molecule has 3 nitrogen and oxygen atoms in total. The number of nitrogens with one attached hydrogen (secondary N) is 1. The summed E-state index contributed by atoms with van der Waals surface area (Å²) >= 11 is 15.3. The van der Waals surface area contributed by atoms with E-state index in [0.29, 0.717) is 27.0 Å². The number of hydrogen-bond acceptors (Lipinski definition) is 2. The molecule has 20 heavy (non-hydrogen) atoms. The van der Waals surface area contributed by atoms with Gasteiger partial charge in [0.25, 0.3) is 5.91 Å². The lowest BCUT2D eigenvalue weighted by Crippen LogP contribution is -2.13. The predicted molar refractivity (Wildman–Crippen MR) is 87.7 cm³/mol. The molecule has 0 aliphatic heterocycles. The minimum atomic E-state index is -0.300. The Morgan fingerprint density at radius 1 is 1.20 bits per heavy atom. The zero-order valence-electron chi connectivity index (χ0n) is 10.5. The first-order valence-corrected chi connectivity index (χ1v) is 7.25. The van der Waals surface area contributed by atoms with Gasteiger partial charge in [-0.1, -0.05) is 39.1 Å². The van der Waals surface area contributed by atoms with Crippen LogP contribution in [-0.2, 0) is 0 Å². The largest absolute Gasteiger partial charge is 0.398 e. The van der Waals surface area contributed by atoms with Crippen LogP contribution >= 0.6 is 39.1 Å². The van der Waals surface area contributed by atoms with E-state index in [2.05, 4.69) is 21.2 Å². The second-order valence-electron chi connectivity index (χ2n) is 4.27. The zero-order chi connectivity index (χ0) is 14.9. The summed E-state index contributed by atoms with van der Waals surface area (Å²) in [5.41, 5.74) is 8.00. The summed E-state index contributed by atoms with van der Waals surface area (Å²) in [4.78, 5) is 12.2. The Kier molecular flexibility index (Phi) is 4.58. The van der Waals surface area contributed by atoms with Gasteiger partial charge >= 0.3 is 0 Å².